The largest absolute Gasteiger partial charge is 0.364 e. The number of ether oxygens (including phenoxy) is 1. The van der Waals surface area contributed by atoms with Crippen molar-refractivity contribution in [3.8, 4) is 0 Å². The average Bonchev–Trinajstić information content (AvgIpc) is 2.68. The molecule has 154 valence electrons. The van der Waals surface area contributed by atoms with E-state index >= 15 is 0 Å². The summed E-state index contributed by atoms with van der Waals surface area (Å²) in [5, 5.41) is 5.86. The topological polar surface area (TPSA) is 71.9 Å². The summed E-state index contributed by atoms with van der Waals surface area (Å²) in [4.78, 5) is 26.4. The molecule has 0 unspecified atom stereocenters. The fraction of sp³-hybridized carbons (Fsp3) is 0.391. The van der Waals surface area contributed by atoms with E-state index in [-0.39, 0.29) is 24.0 Å². The molecule has 29 heavy (non-hydrogen) atoms. The summed E-state index contributed by atoms with van der Waals surface area (Å²) in [7, 11) is 0. The molecule has 0 aromatic heterocycles. The maximum absolute atomic E-state index is 12.6. The minimum Gasteiger partial charge on any atom is -0.364 e. The number of carbonyl (C=O) groups excluding carboxylic acids is 2. The summed E-state index contributed by atoms with van der Waals surface area (Å²) in [5.74, 6) is -0.274. The zero-order valence-electron chi connectivity index (χ0n) is 17.1. The van der Waals surface area contributed by atoms with E-state index in [4.69, 9.17) is 4.74 Å². The summed E-state index contributed by atoms with van der Waals surface area (Å²) in [5.41, 5.74) is 2.20. The molecular formula is C23H30N3O3+. The zero-order valence-corrected chi connectivity index (χ0v) is 17.1. The third-order valence-electron chi connectivity index (χ3n) is 5.02. The lowest BCUT2D eigenvalue weighted by Crippen LogP contribution is -3.16. The minimum absolute atomic E-state index is 0.0918. The molecule has 2 aromatic carbocycles. The maximum atomic E-state index is 12.6. The SMILES string of the molecule is C[C@@H]1C[NH+](CC(=O)Nc2ccccc2C(=O)NCCc2ccccc2)C[C@@H](C)O1. The van der Waals surface area contributed by atoms with Gasteiger partial charge in [0.05, 0.1) is 11.3 Å². The van der Waals surface area contributed by atoms with Crippen LogP contribution in [-0.4, -0.2) is 50.2 Å². The molecule has 2 aromatic rings. The molecule has 0 spiro atoms. The van der Waals surface area contributed by atoms with Gasteiger partial charge in [0.2, 0.25) is 0 Å². The number of nitrogens with one attached hydrogen (secondary N) is 3. The molecule has 6 nitrogen and oxygen atoms in total. The second kappa shape index (κ2) is 10.2. The van der Waals surface area contributed by atoms with Crippen LogP contribution < -0.4 is 15.5 Å². The van der Waals surface area contributed by atoms with Crippen LogP contribution >= 0.6 is 0 Å². The van der Waals surface area contributed by atoms with Crippen LogP contribution in [0.2, 0.25) is 0 Å². The highest BCUT2D eigenvalue weighted by Gasteiger charge is 2.27. The van der Waals surface area contributed by atoms with E-state index < -0.39 is 0 Å². The molecule has 0 aliphatic carbocycles. The number of para-hydroxylation sites is 1. The molecule has 1 heterocycles. The fourth-order valence-electron chi connectivity index (χ4n) is 3.81. The number of amides is 2. The van der Waals surface area contributed by atoms with Crippen molar-refractivity contribution in [1.82, 2.24) is 5.32 Å². The van der Waals surface area contributed by atoms with E-state index in [0.717, 1.165) is 19.5 Å². The van der Waals surface area contributed by atoms with Gasteiger partial charge in [-0.1, -0.05) is 42.5 Å². The quantitative estimate of drug-likeness (QED) is 0.660. The van der Waals surface area contributed by atoms with Crippen molar-refractivity contribution < 1.29 is 19.2 Å². The van der Waals surface area contributed by atoms with Crippen LogP contribution in [0.3, 0.4) is 0 Å². The summed E-state index contributed by atoms with van der Waals surface area (Å²) >= 11 is 0. The highest BCUT2D eigenvalue weighted by Crippen LogP contribution is 2.14. The molecule has 0 bridgehead atoms. The molecule has 2 atom stereocenters. The molecule has 1 aliphatic heterocycles. The van der Waals surface area contributed by atoms with Gasteiger partial charge in [-0.05, 0) is 38.0 Å². The lowest BCUT2D eigenvalue weighted by molar-refractivity contribution is -0.907. The van der Waals surface area contributed by atoms with Crippen LogP contribution in [0, 0.1) is 0 Å². The van der Waals surface area contributed by atoms with E-state index in [9.17, 15) is 9.59 Å². The highest BCUT2D eigenvalue weighted by atomic mass is 16.5. The lowest BCUT2D eigenvalue weighted by atomic mass is 10.1. The molecule has 2 amide bonds. The Morgan fingerprint density at radius 3 is 2.38 bits per heavy atom. The zero-order chi connectivity index (χ0) is 20.6. The number of morpholine rings is 1. The molecule has 3 N–H and O–H groups in total. The summed E-state index contributed by atoms with van der Waals surface area (Å²) in [6, 6.07) is 17.1. The van der Waals surface area contributed by atoms with Crippen LogP contribution in [0.5, 0.6) is 0 Å². The predicted octanol–water partition coefficient (Wildman–Crippen LogP) is 1.29. The monoisotopic (exact) mass is 396 g/mol. The Hall–Kier alpha value is -2.70. The smallest absolute Gasteiger partial charge is 0.279 e. The van der Waals surface area contributed by atoms with Gasteiger partial charge in [-0.15, -0.1) is 0 Å². The van der Waals surface area contributed by atoms with Crippen LogP contribution in [0.25, 0.3) is 0 Å². The molecule has 6 heteroatoms. The third-order valence-corrected chi connectivity index (χ3v) is 5.02. The van der Waals surface area contributed by atoms with E-state index in [1.54, 1.807) is 18.2 Å². The second-order valence-corrected chi connectivity index (χ2v) is 7.68. The standard InChI is InChI=1S/C23H29N3O3/c1-17-14-26(15-18(2)29-17)16-22(27)25-21-11-7-6-10-20(21)23(28)24-13-12-19-8-4-3-5-9-19/h3-11,17-18H,12-16H2,1-2H3,(H,24,28)(H,25,27)/p+1/t17-,18-/m1/s1. The van der Waals surface area contributed by atoms with Gasteiger partial charge in [0.25, 0.3) is 11.8 Å². The van der Waals surface area contributed by atoms with Crippen molar-refractivity contribution in [2.24, 2.45) is 0 Å². The molecular weight excluding hydrogens is 366 g/mol. The number of benzene rings is 2. The second-order valence-electron chi connectivity index (χ2n) is 7.68. The van der Waals surface area contributed by atoms with Gasteiger partial charge in [0.15, 0.2) is 6.54 Å². The molecule has 3 rings (SSSR count). The first-order valence-corrected chi connectivity index (χ1v) is 10.2. The van der Waals surface area contributed by atoms with Crippen molar-refractivity contribution >= 4 is 17.5 Å². The maximum Gasteiger partial charge on any atom is 0.279 e. The number of hydrogen-bond acceptors (Lipinski definition) is 3. The lowest BCUT2D eigenvalue weighted by Gasteiger charge is -2.31. The van der Waals surface area contributed by atoms with Crippen LogP contribution in [0.4, 0.5) is 5.69 Å². The van der Waals surface area contributed by atoms with Crippen molar-refractivity contribution in [1.29, 1.82) is 0 Å². The van der Waals surface area contributed by atoms with Gasteiger partial charge in [-0.3, -0.25) is 9.59 Å². The minimum atomic E-state index is -0.183. The first-order chi connectivity index (χ1) is 14.0. The molecule has 0 saturated carbocycles. The summed E-state index contributed by atoms with van der Waals surface area (Å²) < 4.78 is 5.73. The molecule has 0 radical (unpaired) electrons. The Labute approximate surface area is 172 Å². The van der Waals surface area contributed by atoms with Crippen molar-refractivity contribution in [2.75, 3.05) is 31.5 Å². The molecule has 1 fully saturated rings. The number of quaternary nitrogens is 1. The Morgan fingerprint density at radius 2 is 1.66 bits per heavy atom. The fourth-order valence-corrected chi connectivity index (χ4v) is 3.81. The average molecular weight is 397 g/mol. The number of anilines is 1. The van der Waals surface area contributed by atoms with E-state index in [1.165, 1.54) is 10.5 Å². The summed E-state index contributed by atoms with van der Waals surface area (Å²) in [6.07, 6.45) is 1.05. The van der Waals surface area contributed by atoms with E-state index in [0.29, 0.717) is 24.3 Å². The van der Waals surface area contributed by atoms with Crippen LogP contribution in [-0.2, 0) is 16.0 Å². The Morgan fingerprint density at radius 1 is 1.00 bits per heavy atom. The van der Waals surface area contributed by atoms with Gasteiger partial charge in [0, 0.05) is 6.54 Å². The van der Waals surface area contributed by atoms with Gasteiger partial charge in [-0.25, -0.2) is 0 Å². The van der Waals surface area contributed by atoms with Crippen molar-refractivity contribution in [2.45, 2.75) is 32.5 Å². The first kappa shape index (κ1) is 21.0. The molecule has 1 saturated heterocycles. The van der Waals surface area contributed by atoms with Crippen LogP contribution in [0.1, 0.15) is 29.8 Å². The van der Waals surface area contributed by atoms with Gasteiger partial charge < -0.3 is 20.3 Å². The van der Waals surface area contributed by atoms with Gasteiger partial charge >= 0.3 is 0 Å². The summed E-state index contributed by atoms with van der Waals surface area (Å²) in [6.45, 7) is 6.57. The van der Waals surface area contributed by atoms with Gasteiger partial charge in [-0.2, -0.15) is 0 Å². The Kier molecular flexibility index (Phi) is 7.38. The number of hydrogen-bond donors (Lipinski definition) is 3. The first-order valence-electron chi connectivity index (χ1n) is 10.2. The Bertz CT molecular complexity index is 815. The third kappa shape index (κ3) is 6.41. The normalized spacial score (nSPS) is 21.4. The van der Waals surface area contributed by atoms with E-state index in [2.05, 4.69) is 10.6 Å². The van der Waals surface area contributed by atoms with Crippen molar-refractivity contribution in [3.63, 3.8) is 0 Å². The number of rotatable bonds is 7. The predicted molar refractivity (Wildman–Crippen MR) is 113 cm³/mol. The Balaban J connectivity index is 1.55. The van der Waals surface area contributed by atoms with Crippen LogP contribution in [0.15, 0.2) is 54.6 Å². The van der Waals surface area contributed by atoms with E-state index in [1.807, 2.05) is 50.2 Å². The highest BCUT2D eigenvalue weighted by molar-refractivity contribution is 6.03. The van der Waals surface area contributed by atoms with Crippen molar-refractivity contribution in [3.05, 3.63) is 65.7 Å². The number of carbonyl (C=O) groups is 2. The van der Waals surface area contributed by atoms with Gasteiger partial charge in [0.1, 0.15) is 25.3 Å². The molecule has 1 aliphatic rings.